The number of carbonyl (C=O) groups is 2. The maximum absolute atomic E-state index is 13.2. The van der Waals surface area contributed by atoms with E-state index in [1.165, 1.54) is 47.4 Å². The van der Waals surface area contributed by atoms with E-state index in [0.717, 1.165) is 35.3 Å². The van der Waals surface area contributed by atoms with Crippen molar-refractivity contribution >= 4 is 45.8 Å². The molecule has 2 fully saturated rings. The van der Waals surface area contributed by atoms with Crippen LogP contribution in [0.4, 0.5) is 11.6 Å². The summed E-state index contributed by atoms with van der Waals surface area (Å²) in [7, 11) is 2.80. The van der Waals surface area contributed by atoms with Crippen LogP contribution in [-0.2, 0) is 27.9 Å². The molecule has 2 unspecified atom stereocenters. The fourth-order valence-electron chi connectivity index (χ4n) is 5.09. The fourth-order valence-corrected chi connectivity index (χ4v) is 5.80. The second-order valence-corrected chi connectivity index (χ2v) is 11.0. The van der Waals surface area contributed by atoms with E-state index >= 15 is 0 Å². The average Bonchev–Trinajstić information content (AvgIpc) is 3.33. The van der Waals surface area contributed by atoms with Crippen LogP contribution in [0.3, 0.4) is 0 Å². The van der Waals surface area contributed by atoms with Crippen LogP contribution in [0.2, 0.25) is 0 Å². The lowest BCUT2D eigenvalue weighted by atomic mass is 10.3. The quantitative estimate of drug-likeness (QED) is 0.306. The lowest BCUT2D eigenvalue weighted by molar-refractivity contribution is -0.123. The maximum atomic E-state index is 13.2. The lowest BCUT2D eigenvalue weighted by Gasteiger charge is -2.18. The van der Waals surface area contributed by atoms with Crippen molar-refractivity contribution in [2.75, 3.05) is 37.0 Å². The molecular formula is C25H27N9O5S. The molecule has 1 aliphatic carbocycles. The van der Waals surface area contributed by atoms with Gasteiger partial charge in [-0.2, -0.15) is 0 Å². The van der Waals surface area contributed by atoms with Gasteiger partial charge in [0.2, 0.25) is 5.91 Å². The van der Waals surface area contributed by atoms with Gasteiger partial charge < -0.3 is 19.5 Å². The summed E-state index contributed by atoms with van der Waals surface area (Å²) in [6, 6.07) is -0.880. The summed E-state index contributed by atoms with van der Waals surface area (Å²) < 4.78 is 8.18. The van der Waals surface area contributed by atoms with E-state index in [1.807, 2.05) is 0 Å². The van der Waals surface area contributed by atoms with Gasteiger partial charge in [-0.3, -0.25) is 23.5 Å². The Kier molecular flexibility index (Phi) is 6.54. The van der Waals surface area contributed by atoms with Crippen LogP contribution < -0.4 is 21.5 Å². The third kappa shape index (κ3) is 4.60. The molecule has 2 aliphatic rings. The van der Waals surface area contributed by atoms with Crippen molar-refractivity contribution in [2.24, 2.45) is 18.9 Å². The van der Waals surface area contributed by atoms with Gasteiger partial charge >= 0.3 is 5.69 Å². The first kappa shape index (κ1) is 26.0. The van der Waals surface area contributed by atoms with Crippen LogP contribution in [0.25, 0.3) is 21.9 Å². The molecule has 4 aromatic rings. The van der Waals surface area contributed by atoms with E-state index in [9.17, 15) is 19.2 Å². The minimum Gasteiger partial charge on any atom is -0.377 e. The SMILES string of the molecule is COCC(=O)Cn1c(=O)c2c(ncn2[C@@H](C)C(=O)Nc2csc(-c3cnc(N4CC5CC5C4)cn3)n2)n(C)c1=O. The Morgan fingerprint density at radius 1 is 1.18 bits per heavy atom. The number of ketones is 1. The summed E-state index contributed by atoms with van der Waals surface area (Å²) in [4.78, 5) is 71.2. The molecule has 0 aromatic carbocycles. The Morgan fingerprint density at radius 2 is 1.95 bits per heavy atom. The molecule has 5 heterocycles. The van der Waals surface area contributed by atoms with Gasteiger partial charge in [0.25, 0.3) is 5.56 Å². The Bertz CT molecular complexity index is 1730. The number of piperidine rings is 1. The smallest absolute Gasteiger partial charge is 0.332 e. The Balaban J connectivity index is 1.19. The van der Waals surface area contributed by atoms with E-state index in [1.54, 1.807) is 24.7 Å². The number of hydrogen-bond acceptors (Lipinski definition) is 11. The number of imidazole rings is 1. The maximum Gasteiger partial charge on any atom is 0.332 e. The number of rotatable bonds is 9. The van der Waals surface area contributed by atoms with Crippen molar-refractivity contribution < 1.29 is 14.3 Å². The number of methoxy groups -OCH3 is 1. The molecule has 1 amide bonds. The fraction of sp³-hybridized carbons (Fsp3) is 0.440. The molecule has 1 saturated heterocycles. The van der Waals surface area contributed by atoms with Crippen molar-refractivity contribution in [3.63, 3.8) is 0 Å². The predicted octanol–water partition coefficient (Wildman–Crippen LogP) is 0.682. The van der Waals surface area contributed by atoms with Crippen molar-refractivity contribution in [3.8, 4) is 10.7 Å². The highest BCUT2D eigenvalue weighted by Crippen LogP contribution is 2.45. The van der Waals surface area contributed by atoms with E-state index in [0.29, 0.717) is 16.5 Å². The number of nitrogens with one attached hydrogen (secondary N) is 1. The first-order chi connectivity index (χ1) is 19.2. The van der Waals surface area contributed by atoms with Crippen molar-refractivity contribution in [2.45, 2.75) is 25.9 Å². The molecule has 40 heavy (non-hydrogen) atoms. The van der Waals surface area contributed by atoms with Gasteiger partial charge in [0.15, 0.2) is 16.9 Å². The molecule has 6 rings (SSSR count). The van der Waals surface area contributed by atoms with E-state index in [4.69, 9.17) is 4.74 Å². The third-order valence-electron chi connectivity index (χ3n) is 7.41. The number of Topliss-reactive ketones (excluding diaryl/α,β-unsaturated/α-hetero) is 1. The van der Waals surface area contributed by atoms with Crippen LogP contribution in [0.5, 0.6) is 0 Å². The standard InChI is InChI=1S/C25H27N9O5S/c1-13(34-12-28-21-20(34)24(37)33(25(38)31(21)2)9-16(35)10-39-3)22(36)29-18-11-40-23(30-18)17-5-27-19(6-26-17)32-7-14-4-15(14)8-32/h5-6,11-15H,4,7-10H2,1-3H3,(H,29,36)/t13-,14?,15?/m0/s1. The van der Waals surface area contributed by atoms with Crippen molar-refractivity contribution in [1.82, 2.24) is 33.6 Å². The molecular weight excluding hydrogens is 538 g/mol. The number of aromatic nitrogens is 7. The number of thiazole rings is 1. The highest BCUT2D eigenvalue weighted by Gasteiger charge is 2.45. The zero-order valence-corrected chi connectivity index (χ0v) is 22.9. The number of hydrogen-bond donors (Lipinski definition) is 1. The number of amides is 1. The number of fused-ring (bicyclic) bond motifs is 2. The normalized spacial score (nSPS) is 18.6. The lowest BCUT2D eigenvalue weighted by Crippen LogP contribution is -2.42. The molecule has 4 aromatic heterocycles. The first-order valence-corrected chi connectivity index (χ1v) is 13.6. The van der Waals surface area contributed by atoms with Crippen molar-refractivity contribution in [1.29, 1.82) is 0 Å². The average molecular weight is 566 g/mol. The third-order valence-corrected chi connectivity index (χ3v) is 8.27. The number of anilines is 2. The van der Waals surface area contributed by atoms with Crippen LogP contribution >= 0.6 is 11.3 Å². The molecule has 3 atom stereocenters. The highest BCUT2D eigenvalue weighted by atomic mass is 32.1. The summed E-state index contributed by atoms with van der Waals surface area (Å²) in [6.45, 7) is 2.97. The molecule has 15 heteroatoms. The van der Waals surface area contributed by atoms with Crippen LogP contribution in [0, 0.1) is 11.8 Å². The predicted molar refractivity (Wildman–Crippen MR) is 146 cm³/mol. The van der Waals surface area contributed by atoms with Gasteiger partial charge in [-0.25, -0.2) is 24.7 Å². The molecule has 0 radical (unpaired) electrons. The van der Waals surface area contributed by atoms with Crippen LogP contribution in [-0.4, -0.2) is 72.1 Å². The summed E-state index contributed by atoms with van der Waals surface area (Å²) in [5.74, 6) is 1.91. The molecule has 0 bridgehead atoms. The van der Waals surface area contributed by atoms with E-state index < -0.39 is 35.5 Å². The monoisotopic (exact) mass is 565 g/mol. The second kappa shape index (κ2) is 10.1. The summed E-state index contributed by atoms with van der Waals surface area (Å²) in [6.07, 6.45) is 6.09. The van der Waals surface area contributed by atoms with Crippen molar-refractivity contribution in [3.05, 3.63) is 44.9 Å². The van der Waals surface area contributed by atoms with Crippen LogP contribution in [0.1, 0.15) is 19.4 Å². The Hall–Kier alpha value is -4.24. The highest BCUT2D eigenvalue weighted by molar-refractivity contribution is 7.13. The second-order valence-electron chi connectivity index (χ2n) is 10.2. The molecule has 1 saturated carbocycles. The summed E-state index contributed by atoms with van der Waals surface area (Å²) in [5.41, 5.74) is -0.665. The molecule has 1 N–H and O–H groups in total. The number of aryl methyl sites for hydroxylation is 1. The van der Waals surface area contributed by atoms with Gasteiger partial charge in [0.1, 0.15) is 35.0 Å². The van der Waals surface area contributed by atoms with Gasteiger partial charge in [-0.15, -0.1) is 11.3 Å². The first-order valence-electron chi connectivity index (χ1n) is 12.8. The zero-order chi connectivity index (χ0) is 28.1. The number of ether oxygens (including phenoxy) is 1. The minimum absolute atomic E-state index is 0.0274. The Morgan fingerprint density at radius 3 is 2.65 bits per heavy atom. The van der Waals surface area contributed by atoms with Crippen LogP contribution in [0.15, 0.2) is 33.7 Å². The largest absolute Gasteiger partial charge is 0.377 e. The van der Waals surface area contributed by atoms with Gasteiger partial charge in [-0.05, 0) is 25.2 Å². The zero-order valence-electron chi connectivity index (χ0n) is 22.1. The minimum atomic E-state index is -0.880. The summed E-state index contributed by atoms with van der Waals surface area (Å²) >= 11 is 1.32. The summed E-state index contributed by atoms with van der Waals surface area (Å²) in [5, 5.41) is 5.08. The number of carbonyl (C=O) groups excluding carboxylic acids is 2. The molecule has 1 aliphatic heterocycles. The molecule has 0 spiro atoms. The van der Waals surface area contributed by atoms with Gasteiger partial charge in [0.05, 0.1) is 25.3 Å². The topological polar surface area (TPSA) is 159 Å². The van der Waals surface area contributed by atoms with E-state index in [-0.39, 0.29) is 17.8 Å². The van der Waals surface area contributed by atoms with Gasteiger partial charge in [-0.1, -0.05) is 0 Å². The van der Waals surface area contributed by atoms with Gasteiger partial charge in [0, 0.05) is 32.6 Å². The molecule has 208 valence electrons. The Labute approximate surface area is 231 Å². The number of nitrogens with zero attached hydrogens (tertiary/aromatic N) is 8. The van der Waals surface area contributed by atoms with E-state index in [2.05, 4.69) is 30.2 Å². The molecule has 14 nitrogen and oxygen atoms in total.